The van der Waals surface area contributed by atoms with Crippen LogP contribution in [0.15, 0.2) is 48.5 Å². The molecule has 8 heteroatoms. The fraction of sp³-hybridized carbons (Fsp3) is 0.304. The van der Waals surface area contributed by atoms with Crippen molar-refractivity contribution in [1.82, 2.24) is 9.80 Å². The highest BCUT2D eigenvalue weighted by molar-refractivity contribution is 6.22. The van der Waals surface area contributed by atoms with Gasteiger partial charge in [-0.1, -0.05) is 24.3 Å². The molecule has 2 aromatic rings. The monoisotopic (exact) mass is 420 g/mol. The van der Waals surface area contributed by atoms with E-state index in [4.69, 9.17) is 4.74 Å². The van der Waals surface area contributed by atoms with Crippen molar-refractivity contribution >= 4 is 23.6 Å². The normalized spacial score (nSPS) is 20.2. The van der Waals surface area contributed by atoms with Gasteiger partial charge in [-0.2, -0.15) is 0 Å². The molecule has 0 spiro atoms. The number of carbonyl (C=O) groups is 4. The number of carbonyl (C=O) groups excluding carboxylic acids is 4. The molecule has 0 radical (unpaired) electrons. The minimum atomic E-state index is -0.354. The SMILES string of the molecule is O=C1c2ccccc2C(=O)N1C[NH+](C[C@H]1CCCO1)CN1C(=O)c2ccccc2C1=O. The smallest absolute Gasteiger partial charge is 0.265 e. The van der Waals surface area contributed by atoms with Crippen LogP contribution in [0.4, 0.5) is 0 Å². The zero-order valence-corrected chi connectivity index (χ0v) is 16.9. The van der Waals surface area contributed by atoms with Gasteiger partial charge in [-0.25, -0.2) is 9.80 Å². The second-order valence-corrected chi connectivity index (χ2v) is 8.07. The minimum Gasteiger partial charge on any atom is -0.372 e. The van der Waals surface area contributed by atoms with Crippen LogP contribution in [-0.4, -0.2) is 66.0 Å². The summed E-state index contributed by atoms with van der Waals surface area (Å²) >= 11 is 0. The van der Waals surface area contributed by atoms with Crippen molar-refractivity contribution in [2.75, 3.05) is 26.5 Å². The van der Waals surface area contributed by atoms with E-state index in [0.29, 0.717) is 35.4 Å². The lowest BCUT2D eigenvalue weighted by Crippen LogP contribution is -3.16. The highest BCUT2D eigenvalue weighted by atomic mass is 16.5. The lowest BCUT2D eigenvalue weighted by molar-refractivity contribution is -0.917. The van der Waals surface area contributed by atoms with E-state index in [1.165, 1.54) is 9.80 Å². The van der Waals surface area contributed by atoms with Crippen molar-refractivity contribution in [3.63, 3.8) is 0 Å². The van der Waals surface area contributed by atoms with Crippen molar-refractivity contribution in [3.8, 4) is 0 Å². The summed E-state index contributed by atoms with van der Waals surface area (Å²) in [6.45, 7) is 1.26. The molecule has 3 heterocycles. The quantitative estimate of drug-likeness (QED) is 0.690. The molecule has 4 amide bonds. The maximum Gasteiger partial charge on any atom is 0.265 e. The molecule has 0 saturated carbocycles. The van der Waals surface area contributed by atoms with Crippen LogP contribution in [0.25, 0.3) is 0 Å². The lowest BCUT2D eigenvalue weighted by Gasteiger charge is -2.28. The third kappa shape index (κ3) is 3.34. The Morgan fingerprint density at radius 2 is 1.16 bits per heavy atom. The van der Waals surface area contributed by atoms with Crippen LogP contribution in [0.1, 0.15) is 54.3 Å². The second kappa shape index (κ2) is 7.72. The molecule has 1 saturated heterocycles. The Balaban J connectivity index is 1.38. The number of nitrogens with zero attached hydrogens (tertiary/aromatic N) is 2. The van der Waals surface area contributed by atoms with Crippen LogP contribution in [0, 0.1) is 0 Å². The molecule has 0 unspecified atom stereocenters. The van der Waals surface area contributed by atoms with Crippen LogP contribution >= 0.6 is 0 Å². The van der Waals surface area contributed by atoms with Gasteiger partial charge in [0.05, 0.1) is 22.3 Å². The van der Waals surface area contributed by atoms with Crippen LogP contribution < -0.4 is 4.90 Å². The molecule has 8 nitrogen and oxygen atoms in total. The van der Waals surface area contributed by atoms with Crippen LogP contribution in [0.3, 0.4) is 0 Å². The summed E-state index contributed by atoms with van der Waals surface area (Å²) in [7, 11) is 0. The van der Waals surface area contributed by atoms with Crippen LogP contribution in [-0.2, 0) is 4.74 Å². The van der Waals surface area contributed by atoms with Gasteiger partial charge in [-0.3, -0.25) is 24.1 Å². The van der Waals surface area contributed by atoms with Crippen molar-refractivity contribution < 1.29 is 28.8 Å². The summed E-state index contributed by atoms with van der Waals surface area (Å²) in [5, 5.41) is 0. The number of benzene rings is 2. The first-order valence-electron chi connectivity index (χ1n) is 10.4. The molecule has 3 aliphatic rings. The van der Waals surface area contributed by atoms with Gasteiger partial charge in [0.1, 0.15) is 12.6 Å². The van der Waals surface area contributed by atoms with Gasteiger partial charge >= 0.3 is 0 Å². The van der Waals surface area contributed by atoms with Gasteiger partial charge in [0, 0.05) is 6.61 Å². The van der Waals surface area contributed by atoms with Crippen molar-refractivity contribution in [3.05, 3.63) is 70.8 Å². The number of rotatable bonds is 6. The summed E-state index contributed by atoms with van der Waals surface area (Å²) in [5.41, 5.74) is 1.52. The van der Waals surface area contributed by atoms with E-state index in [2.05, 4.69) is 0 Å². The molecule has 5 rings (SSSR count). The summed E-state index contributed by atoms with van der Waals surface area (Å²) in [6, 6.07) is 13.5. The Morgan fingerprint density at radius 1 is 0.742 bits per heavy atom. The largest absolute Gasteiger partial charge is 0.372 e. The van der Waals surface area contributed by atoms with E-state index in [1.54, 1.807) is 48.5 Å². The average Bonchev–Trinajstić information content (AvgIpc) is 3.45. The zero-order chi connectivity index (χ0) is 21.5. The number of fused-ring (bicyclic) bond motifs is 2. The molecule has 0 aromatic heterocycles. The molecule has 1 fully saturated rings. The molecule has 158 valence electrons. The Labute approximate surface area is 179 Å². The maximum absolute atomic E-state index is 12.8. The van der Waals surface area contributed by atoms with E-state index >= 15 is 0 Å². The predicted octanol–water partition coefficient (Wildman–Crippen LogP) is 0.558. The summed E-state index contributed by atoms with van der Waals surface area (Å²) < 4.78 is 5.75. The molecule has 1 atom stereocenters. The average molecular weight is 420 g/mol. The van der Waals surface area contributed by atoms with E-state index < -0.39 is 0 Å². The molecule has 0 bridgehead atoms. The third-order valence-corrected chi connectivity index (χ3v) is 6.06. The highest BCUT2D eigenvalue weighted by Crippen LogP contribution is 2.23. The molecule has 0 aliphatic carbocycles. The minimum absolute atomic E-state index is 0.0413. The Bertz CT molecular complexity index is 945. The van der Waals surface area contributed by atoms with Gasteiger partial charge in [0.25, 0.3) is 23.6 Å². The van der Waals surface area contributed by atoms with Gasteiger partial charge in [0.15, 0.2) is 13.3 Å². The third-order valence-electron chi connectivity index (χ3n) is 6.06. The molecular formula is C23H22N3O5+. The van der Waals surface area contributed by atoms with Gasteiger partial charge in [-0.05, 0) is 37.1 Å². The van der Waals surface area contributed by atoms with E-state index in [1.807, 2.05) is 0 Å². The zero-order valence-electron chi connectivity index (χ0n) is 16.9. The molecular weight excluding hydrogens is 398 g/mol. The summed E-state index contributed by atoms with van der Waals surface area (Å²) in [5.74, 6) is -1.42. The number of nitrogens with one attached hydrogen (secondary N) is 1. The molecule has 1 N–H and O–H groups in total. The van der Waals surface area contributed by atoms with Gasteiger partial charge in [-0.15, -0.1) is 0 Å². The number of amides is 4. The summed E-state index contributed by atoms with van der Waals surface area (Å²) in [4.78, 5) is 54.5. The molecule has 2 aromatic carbocycles. The second-order valence-electron chi connectivity index (χ2n) is 8.07. The van der Waals surface area contributed by atoms with Gasteiger partial charge < -0.3 is 4.74 Å². The van der Waals surface area contributed by atoms with Crippen LogP contribution in [0.2, 0.25) is 0 Å². The number of ether oxygens (including phenoxy) is 1. The first kappa shape index (κ1) is 19.6. The van der Waals surface area contributed by atoms with Crippen molar-refractivity contribution in [2.24, 2.45) is 0 Å². The standard InChI is InChI=1S/C23H21N3O5/c27-20-16-7-1-2-8-17(16)21(28)25(20)13-24(12-15-6-5-11-31-15)14-26-22(29)18-9-3-4-10-19(18)23(26)30/h1-4,7-10,15H,5-6,11-14H2/p+1/t15-/m1/s1. The predicted molar refractivity (Wildman–Crippen MR) is 108 cm³/mol. The lowest BCUT2D eigenvalue weighted by atomic mass is 10.1. The molecule has 3 aliphatic heterocycles. The van der Waals surface area contributed by atoms with E-state index in [0.717, 1.165) is 17.7 Å². The van der Waals surface area contributed by atoms with Crippen molar-refractivity contribution in [2.45, 2.75) is 18.9 Å². The topological polar surface area (TPSA) is 88.4 Å². The number of quaternary nitrogens is 1. The Kier molecular flexibility index (Phi) is 4.88. The number of imide groups is 2. The van der Waals surface area contributed by atoms with E-state index in [-0.39, 0.29) is 43.1 Å². The maximum atomic E-state index is 12.8. The van der Waals surface area contributed by atoms with Gasteiger partial charge in [0.2, 0.25) is 0 Å². The van der Waals surface area contributed by atoms with Crippen molar-refractivity contribution in [1.29, 1.82) is 0 Å². The number of hydrogen-bond acceptors (Lipinski definition) is 5. The number of hydrogen-bond donors (Lipinski definition) is 1. The Hall–Kier alpha value is -3.36. The fourth-order valence-electron chi connectivity index (χ4n) is 4.52. The fourth-order valence-corrected chi connectivity index (χ4v) is 4.52. The highest BCUT2D eigenvalue weighted by Gasteiger charge is 2.41. The first-order chi connectivity index (χ1) is 15.0. The van der Waals surface area contributed by atoms with Crippen LogP contribution in [0.5, 0.6) is 0 Å². The Morgan fingerprint density at radius 3 is 1.52 bits per heavy atom. The van der Waals surface area contributed by atoms with E-state index in [9.17, 15) is 19.2 Å². The molecule has 31 heavy (non-hydrogen) atoms. The summed E-state index contributed by atoms with van der Waals surface area (Å²) in [6.07, 6.45) is 1.77. The first-order valence-corrected chi connectivity index (χ1v) is 10.4.